The average Bonchev–Trinajstić information content (AvgIpc) is 4.07. The molecule has 0 aliphatic rings. The first-order valence-corrected chi connectivity index (χ1v) is 43.2. The molecule has 0 spiro atoms. The molecule has 0 unspecified atom stereocenters. The summed E-state index contributed by atoms with van der Waals surface area (Å²) in [7, 11) is 8.47. The van der Waals surface area contributed by atoms with Crippen molar-refractivity contribution in [1.82, 2.24) is 0 Å². The second-order valence-electron chi connectivity index (χ2n) is 21.0. The van der Waals surface area contributed by atoms with Gasteiger partial charge in [-0.2, -0.15) is 0 Å². The maximum Gasteiger partial charge on any atom is 0.0875 e. The zero-order valence-electron chi connectivity index (χ0n) is 42.3. The molecule has 10 rings (SSSR count). The molecule has 0 radical (unpaired) electrons. The van der Waals surface area contributed by atoms with Gasteiger partial charge in [-0.1, -0.05) is 179 Å². The van der Waals surface area contributed by atoms with Crippen molar-refractivity contribution in [3.05, 3.63) is 167 Å². The van der Waals surface area contributed by atoms with Gasteiger partial charge < -0.3 is 8.83 Å². The second kappa shape index (κ2) is 19.9. The molecule has 2 aromatic heterocycles. The Morgan fingerprint density at radius 3 is 1.12 bits per heavy atom. The summed E-state index contributed by atoms with van der Waals surface area (Å²) in [6.45, 7) is 32.5. The molecule has 0 atom stereocenters. The minimum Gasteiger partial charge on any atom is -0.498 e. The normalized spacial score (nSPS) is 11.8. The Balaban J connectivity index is 0.000000164. The molecule has 0 fully saturated rings. The van der Waals surface area contributed by atoms with Gasteiger partial charge in [0.25, 0.3) is 0 Å². The molecule has 0 amide bonds. The Kier molecular flexibility index (Phi) is 14.6. The van der Waals surface area contributed by atoms with Gasteiger partial charge in [-0.15, -0.1) is 57.9 Å². The van der Waals surface area contributed by atoms with Crippen LogP contribution in [0.3, 0.4) is 0 Å². The SMILES string of the molecule is C[Si](C)=[Zr]([Cl])[Cl].Cc1cc(-c2c(C)ccc3[cH-]c(-c4occ5ccccc45)cc23)cc(C)c1[Si](C)(C)C.Cc1cc(-c2c(C)ccc3[cH-]c(-c4occ5ccccc45)cc23)cc(C)c1[Si](C)(C)C. The summed E-state index contributed by atoms with van der Waals surface area (Å²) in [6, 6.07) is 44.4. The van der Waals surface area contributed by atoms with Gasteiger partial charge in [0.15, 0.2) is 0 Å². The van der Waals surface area contributed by atoms with E-state index < -0.39 is 34.1 Å². The van der Waals surface area contributed by atoms with Crippen LogP contribution in [0.1, 0.15) is 33.4 Å². The van der Waals surface area contributed by atoms with E-state index in [0.717, 1.165) is 33.4 Å². The predicted octanol–water partition coefficient (Wildman–Crippen LogP) is 18.4. The number of fused-ring (bicyclic) bond motifs is 4. The monoisotopic (exact) mass is 1060 g/mol. The molecule has 0 aliphatic heterocycles. The van der Waals surface area contributed by atoms with Crippen LogP contribution in [0, 0.1) is 41.5 Å². The number of hydrogen-bond acceptors (Lipinski definition) is 2. The number of halogens is 2. The van der Waals surface area contributed by atoms with E-state index in [2.05, 4.69) is 215 Å². The Morgan fingerprint density at radius 2 is 0.794 bits per heavy atom. The van der Waals surface area contributed by atoms with Gasteiger partial charge in [0, 0.05) is 10.8 Å². The van der Waals surface area contributed by atoms with Crippen LogP contribution in [0.2, 0.25) is 52.4 Å². The second-order valence-corrected chi connectivity index (χ2v) is 54.0. The van der Waals surface area contributed by atoms with Crippen molar-refractivity contribution < 1.29 is 26.8 Å². The predicted molar refractivity (Wildman–Crippen MR) is 304 cm³/mol. The Bertz CT molecular complexity index is 3260. The molecule has 8 heteroatoms. The summed E-state index contributed by atoms with van der Waals surface area (Å²) < 4.78 is 12.0. The van der Waals surface area contributed by atoms with E-state index in [0.29, 0.717) is 0 Å². The summed E-state index contributed by atoms with van der Waals surface area (Å²) in [5.74, 6) is 1.91. The van der Waals surface area contributed by atoms with Crippen molar-refractivity contribution in [1.29, 1.82) is 0 Å². The number of benzene rings is 6. The zero-order chi connectivity index (χ0) is 49.0. The van der Waals surface area contributed by atoms with Crippen LogP contribution in [-0.2, 0) is 18.0 Å². The summed E-state index contributed by atoms with van der Waals surface area (Å²) in [5, 5.41) is 12.9. The zero-order valence-corrected chi connectivity index (χ0v) is 49.2. The topological polar surface area (TPSA) is 26.3 Å². The van der Waals surface area contributed by atoms with E-state index in [-0.39, 0.29) is 5.43 Å². The van der Waals surface area contributed by atoms with E-state index in [9.17, 15) is 0 Å². The van der Waals surface area contributed by atoms with Crippen LogP contribution in [0.5, 0.6) is 0 Å². The van der Waals surface area contributed by atoms with Crippen molar-refractivity contribution >= 4 is 92.1 Å². The number of furan rings is 2. The summed E-state index contributed by atoms with van der Waals surface area (Å²) >= 11 is -1.65. The largest absolute Gasteiger partial charge is 0.498 e. The van der Waals surface area contributed by atoms with Crippen LogP contribution in [-0.4, -0.2) is 21.6 Å². The minimum atomic E-state index is -1.65. The molecule has 348 valence electrons. The molecule has 2 heterocycles. The summed E-state index contributed by atoms with van der Waals surface area (Å²) in [4.78, 5) is 0. The Hall–Kier alpha value is -4.27. The fourth-order valence-electron chi connectivity index (χ4n) is 10.8. The van der Waals surface area contributed by atoms with E-state index in [4.69, 9.17) is 25.9 Å². The van der Waals surface area contributed by atoms with Crippen LogP contribution in [0.4, 0.5) is 0 Å². The van der Waals surface area contributed by atoms with Gasteiger partial charge in [0.2, 0.25) is 0 Å². The molecule has 0 N–H and O–H groups in total. The van der Waals surface area contributed by atoms with Gasteiger partial charge in [-0.25, -0.2) is 0 Å². The van der Waals surface area contributed by atoms with Crippen molar-refractivity contribution in [3.63, 3.8) is 0 Å². The summed E-state index contributed by atoms with van der Waals surface area (Å²) in [5.41, 5.74) is 15.7. The summed E-state index contributed by atoms with van der Waals surface area (Å²) in [6.07, 6.45) is 3.71. The molecule has 2 nitrogen and oxygen atoms in total. The van der Waals surface area contributed by atoms with Crippen molar-refractivity contribution in [3.8, 4) is 44.9 Å². The molecule has 10 aromatic rings. The molecule has 0 aliphatic carbocycles. The van der Waals surface area contributed by atoms with Crippen molar-refractivity contribution in [2.75, 3.05) is 0 Å². The van der Waals surface area contributed by atoms with Crippen LogP contribution < -0.4 is 10.4 Å². The van der Waals surface area contributed by atoms with Crippen molar-refractivity contribution in [2.45, 2.75) is 93.9 Å². The Morgan fingerprint density at radius 1 is 0.456 bits per heavy atom. The van der Waals surface area contributed by atoms with E-state index in [1.807, 2.05) is 12.5 Å². The first kappa shape index (κ1) is 50.1. The Labute approximate surface area is 421 Å². The molecule has 8 aromatic carbocycles. The molecule has 0 bridgehead atoms. The van der Waals surface area contributed by atoms with E-state index in [1.54, 1.807) is 10.4 Å². The third-order valence-electron chi connectivity index (χ3n) is 13.3. The molecular weight excluding hydrogens is 999 g/mol. The van der Waals surface area contributed by atoms with Crippen molar-refractivity contribution in [2.24, 2.45) is 0 Å². The number of hydrogen-bond donors (Lipinski definition) is 0. The van der Waals surface area contributed by atoms with Gasteiger partial charge in [-0.05, 0) is 74.6 Å². The smallest absolute Gasteiger partial charge is 0.0875 e. The number of rotatable bonds is 6. The molecule has 0 saturated heterocycles. The van der Waals surface area contributed by atoms with Crippen LogP contribution >= 0.6 is 17.0 Å². The van der Waals surface area contributed by atoms with Gasteiger partial charge >= 0.3 is 53.5 Å². The molecule has 0 saturated carbocycles. The van der Waals surface area contributed by atoms with E-state index >= 15 is 0 Å². The maximum absolute atomic E-state index is 6.00. The standard InChI is InChI=1S/2C29H29OSi.C2H6Si.2ClH.Zr/c2*1-18-11-12-21-15-24(28-25-10-8-7-9-22(25)17-30-28)16-26(21)27(18)23-13-19(2)29(20(3)14-23)31(4,5)6;1-3-2;;;/h2*7-17H,1-6H3;1-2H3;2*1H;/q2*-1;;;;+2/p-2. The molecular formula is C60H64Cl2O2Si3Zr-2. The van der Waals surface area contributed by atoms with Gasteiger partial charge in [-0.3, -0.25) is 0 Å². The third kappa shape index (κ3) is 10.2. The first-order chi connectivity index (χ1) is 32.1. The third-order valence-corrected chi connectivity index (χ3v) is 37.6. The number of aryl methyl sites for hydroxylation is 6. The van der Waals surface area contributed by atoms with E-state index in [1.165, 1.54) is 88.0 Å². The average molecular weight is 1060 g/mol. The first-order valence-electron chi connectivity index (χ1n) is 23.7. The van der Waals surface area contributed by atoms with Gasteiger partial charge in [0.1, 0.15) is 0 Å². The van der Waals surface area contributed by atoms with Crippen LogP contribution in [0.15, 0.2) is 143 Å². The maximum atomic E-state index is 6.00. The van der Waals surface area contributed by atoms with Gasteiger partial charge in [0.05, 0.1) is 40.2 Å². The van der Waals surface area contributed by atoms with Crippen LogP contribution in [0.25, 0.3) is 88.0 Å². The minimum absolute atomic E-state index is 0.224. The quantitative estimate of drug-likeness (QED) is 0.123. The molecule has 68 heavy (non-hydrogen) atoms. The fraction of sp³-hybridized carbons (Fsp3) is 0.233. The fourth-order valence-corrected chi connectivity index (χ4v) is 15.8.